The predicted molar refractivity (Wildman–Crippen MR) is 145 cm³/mol. The van der Waals surface area contributed by atoms with Crippen molar-refractivity contribution in [2.75, 3.05) is 25.7 Å². The summed E-state index contributed by atoms with van der Waals surface area (Å²) in [6.07, 6.45) is 0. The van der Waals surface area contributed by atoms with Crippen LogP contribution in [0.25, 0.3) is 11.1 Å². The molecule has 202 valence electrons. The Morgan fingerprint density at radius 3 is 1.33 bits per heavy atom. The van der Waals surface area contributed by atoms with Crippen LogP contribution in [0.3, 0.4) is 0 Å². The minimum absolute atomic E-state index is 0.321. The highest BCUT2D eigenvalue weighted by Crippen LogP contribution is 2.58. The van der Waals surface area contributed by atoms with Crippen molar-refractivity contribution in [3.63, 3.8) is 0 Å². The van der Waals surface area contributed by atoms with E-state index in [4.69, 9.17) is 20.9 Å². The molecule has 0 unspecified atom stereocenters. The number of ether oxygens (including phenoxy) is 2. The number of hydrogen-bond donors (Lipinski definition) is 4. The van der Waals surface area contributed by atoms with Crippen molar-refractivity contribution in [3.05, 3.63) is 95.1 Å². The zero-order valence-corrected chi connectivity index (χ0v) is 22.4. The van der Waals surface area contributed by atoms with E-state index in [9.17, 15) is 25.9 Å². The van der Waals surface area contributed by atoms with E-state index < -0.39 is 25.7 Å². The van der Waals surface area contributed by atoms with E-state index in [0.29, 0.717) is 56.3 Å². The zero-order valence-electron chi connectivity index (χ0n) is 20.7. The molecule has 0 heterocycles. The predicted octanol–water partition coefficient (Wildman–Crippen LogP) is 3.72. The van der Waals surface area contributed by atoms with Gasteiger partial charge in [-0.05, 0) is 81.9 Å². The first kappa shape index (κ1) is 26.5. The highest BCUT2D eigenvalue weighted by Gasteiger charge is 2.48. The largest absolute Gasteiger partial charge is 0.495 e. The highest BCUT2D eigenvalue weighted by atomic mass is 32.2. The van der Waals surface area contributed by atoms with Gasteiger partial charge in [-0.2, -0.15) is 16.8 Å². The van der Waals surface area contributed by atoms with Gasteiger partial charge in [-0.25, -0.2) is 0 Å². The van der Waals surface area contributed by atoms with Gasteiger partial charge < -0.3 is 20.9 Å². The Morgan fingerprint density at radius 2 is 1.00 bits per heavy atom. The molecule has 0 aromatic heterocycles. The van der Waals surface area contributed by atoms with Gasteiger partial charge in [-0.15, -0.1) is 0 Å². The monoisotopic (exact) mass is 568 g/mol. The molecule has 6 N–H and O–H groups in total. The van der Waals surface area contributed by atoms with Crippen LogP contribution in [-0.4, -0.2) is 40.2 Å². The van der Waals surface area contributed by atoms with Gasteiger partial charge in [0.1, 0.15) is 11.5 Å². The molecule has 0 saturated heterocycles. The summed E-state index contributed by atoms with van der Waals surface area (Å²) in [6, 6.07) is 18.2. The van der Waals surface area contributed by atoms with Crippen molar-refractivity contribution in [1.82, 2.24) is 0 Å². The number of hydrogen-bond acceptors (Lipinski definition) is 8. The molecule has 0 bridgehead atoms. The van der Waals surface area contributed by atoms with Gasteiger partial charge in [0.2, 0.25) is 0 Å². The Bertz CT molecular complexity index is 1730. The second kappa shape index (κ2) is 8.99. The molecule has 0 spiro atoms. The van der Waals surface area contributed by atoms with E-state index in [1.54, 1.807) is 36.4 Å². The Labute approximate surface area is 225 Å². The van der Waals surface area contributed by atoms with Gasteiger partial charge in [0, 0.05) is 0 Å². The number of anilines is 2. The molecule has 4 aromatic rings. The van der Waals surface area contributed by atoms with Gasteiger partial charge in [-0.1, -0.05) is 24.3 Å². The van der Waals surface area contributed by atoms with Crippen LogP contribution in [0.4, 0.5) is 11.4 Å². The molecule has 10 nitrogen and oxygen atoms in total. The van der Waals surface area contributed by atoms with Crippen LogP contribution in [0, 0.1) is 0 Å². The molecule has 0 atom stereocenters. The Morgan fingerprint density at radius 1 is 0.615 bits per heavy atom. The summed E-state index contributed by atoms with van der Waals surface area (Å²) in [5.74, 6) is 0.641. The topological polar surface area (TPSA) is 179 Å². The molecule has 1 aliphatic carbocycles. The first-order valence-electron chi connectivity index (χ1n) is 11.4. The number of methoxy groups -OCH3 is 2. The third-order valence-corrected chi connectivity index (χ3v) is 8.71. The molecule has 0 fully saturated rings. The van der Waals surface area contributed by atoms with Gasteiger partial charge in [0.25, 0.3) is 20.2 Å². The van der Waals surface area contributed by atoms with Crippen LogP contribution >= 0.6 is 0 Å². The van der Waals surface area contributed by atoms with Crippen LogP contribution < -0.4 is 20.9 Å². The van der Waals surface area contributed by atoms with Crippen LogP contribution in [0.2, 0.25) is 0 Å². The normalized spacial score (nSPS) is 13.9. The van der Waals surface area contributed by atoms with Crippen LogP contribution in [0.15, 0.2) is 82.6 Å². The molecular weight excluding hydrogens is 544 g/mol. The van der Waals surface area contributed by atoms with Gasteiger partial charge >= 0.3 is 0 Å². The van der Waals surface area contributed by atoms with Gasteiger partial charge in [0.05, 0.1) is 40.8 Å². The quantitative estimate of drug-likeness (QED) is 0.174. The first-order valence-corrected chi connectivity index (χ1v) is 14.3. The average molecular weight is 569 g/mol. The van der Waals surface area contributed by atoms with Crippen LogP contribution in [-0.2, 0) is 25.7 Å². The zero-order chi connectivity index (χ0) is 28.3. The van der Waals surface area contributed by atoms with Crippen LogP contribution in [0.5, 0.6) is 11.5 Å². The third-order valence-electron chi connectivity index (χ3n) is 7.01. The van der Waals surface area contributed by atoms with E-state index in [0.717, 1.165) is 0 Å². The molecule has 1 aliphatic rings. The Hall–Kier alpha value is -4.10. The maximum atomic E-state index is 12.2. The molecule has 4 aromatic carbocycles. The second-order valence-corrected chi connectivity index (χ2v) is 11.9. The maximum Gasteiger partial charge on any atom is 0.294 e. The molecule has 5 rings (SSSR count). The molecule has 0 saturated carbocycles. The van der Waals surface area contributed by atoms with E-state index in [-0.39, 0.29) is 9.79 Å². The fourth-order valence-electron chi connectivity index (χ4n) is 5.28. The fraction of sp³-hybridized carbons (Fsp3) is 0.111. The SMILES string of the molecule is COc1cc(C2(c3ccc(N)c(OC)c3)c3cc(S(=O)(=O)O)ccc3-c3ccc(S(=O)(=O)O)cc32)ccc1N. The molecule has 12 heteroatoms. The number of nitrogens with two attached hydrogens (primary N) is 2. The Balaban J connectivity index is 2.04. The fourth-order valence-corrected chi connectivity index (χ4v) is 6.29. The summed E-state index contributed by atoms with van der Waals surface area (Å²) in [4.78, 5) is -0.725. The lowest BCUT2D eigenvalue weighted by atomic mass is 9.67. The molecule has 0 radical (unpaired) electrons. The number of nitrogen functional groups attached to an aromatic ring is 2. The second-order valence-electron chi connectivity index (χ2n) is 9.03. The summed E-state index contributed by atoms with van der Waals surface area (Å²) in [6.45, 7) is 0. The Kier molecular flexibility index (Phi) is 6.11. The van der Waals surface area contributed by atoms with Crippen LogP contribution in [0.1, 0.15) is 22.3 Å². The summed E-state index contributed by atoms with van der Waals surface area (Å²) < 4.78 is 79.7. The van der Waals surface area contributed by atoms with Crippen molar-refractivity contribution < 1.29 is 35.4 Å². The highest BCUT2D eigenvalue weighted by molar-refractivity contribution is 7.86. The molecule has 39 heavy (non-hydrogen) atoms. The van der Waals surface area contributed by atoms with E-state index >= 15 is 0 Å². The van der Waals surface area contributed by atoms with Crippen molar-refractivity contribution >= 4 is 31.6 Å². The maximum absolute atomic E-state index is 12.2. The van der Waals surface area contributed by atoms with Crippen molar-refractivity contribution in [1.29, 1.82) is 0 Å². The summed E-state index contributed by atoms with van der Waals surface area (Å²) in [7, 11) is -6.36. The van der Waals surface area contributed by atoms with Crippen molar-refractivity contribution in [2.24, 2.45) is 0 Å². The number of rotatable bonds is 6. The van der Waals surface area contributed by atoms with Crippen molar-refractivity contribution in [2.45, 2.75) is 15.2 Å². The standard InChI is InChI=1S/C27H24N2O8S2/c1-36-25-11-15(3-9-23(25)28)27(16-4-10-24(29)26(12-16)37-2)21-13-17(38(30,31)32)5-7-19(21)20-8-6-18(14-22(20)27)39(33,34)35/h3-14H,28-29H2,1-2H3,(H,30,31,32)(H,33,34,35). The molecule has 0 amide bonds. The summed E-state index contributed by atoms with van der Waals surface area (Å²) in [5.41, 5.74) is 14.5. The van der Waals surface area contributed by atoms with Crippen molar-refractivity contribution in [3.8, 4) is 22.6 Å². The third kappa shape index (κ3) is 4.08. The lowest BCUT2D eigenvalue weighted by Gasteiger charge is -2.34. The van der Waals surface area contributed by atoms with Gasteiger partial charge in [0.15, 0.2) is 0 Å². The smallest absolute Gasteiger partial charge is 0.294 e. The van der Waals surface area contributed by atoms with Gasteiger partial charge in [-0.3, -0.25) is 9.11 Å². The first-order chi connectivity index (χ1) is 18.3. The van der Waals surface area contributed by atoms with E-state index in [2.05, 4.69) is 0 Å². The minimum Gasteiger partial charge on any atom is -0.495 e. The summed E-state index contributed by atoms with van der Waals surface area (Å²) >= 11 is 0. The number of fused-ring (bicyclic) bond motifs is 3. The van der Waals surface area contributed by atoms with E-state index in [1.807, 2.05) is 0 Å². The average Bonchev–Trinajstić information content (AvgIpc) is 3.18. The lowest BCUT2D eigenvalue weighted by molar-refractivity contribution is 0.415. The summed E-state index contributed by atoms with van der Waals surface area (Å²) in [5, 5.41) is 0. The minimum atomic E-state index is -4.62. The molecular formula is C27H24N2O8S2. The van der Waals surface area contributed by atoms with E-state index in [1.165, 1.54) is 50.6 Å². The number of benzene rings is 4. The lowest BCUT2D eigenvalue weighted by Crippen LogP contribution is -2.29. The molecule has 0 aliphatic heterocycles.